The zero-order valence-corrected chi connectivity index (χ0v) is 9.50. The highest BCUT2D eigenvalue weighted by Crippen LogP contribution is 2.30. The monoisotopic (exact) mass is 225 g/mol. The summed E-state index contributed by atoms with van der Waals surface area (Å²) in [6, 6.07) is 0. The third-order valence-electron chi connectivity index (χ3n) is 3.56. The van der Waals surface area contributed by atoms with Crippen molar-refractivity contribution in [3.8, 4) is 0 Å². The lowest BCUT2D eigenvalue weighted by molar-refractivity contribution is -0.144. The number of hydrogen-bond donors (Lipinski definition) is 2. The van der Waals surface area contributed by atoms with E-state index in [0.717, 1.165) is 32.1 Å². The van der Waals surface area contributed by atoms with Crippen LogP contribution in [0.25, 0.3) is 0 Å². The molecule has 4 heteroatoms. The zero-order chi connectivity index (χ0) is 11.6. The van der Waals surface area contributed by atoms with Crippen LogP contribution >= 0.6 is 0 Å². The van der Waals surface area contributed by atoms with Gasteiger partial charge in [-0.15, -0.1) is 0 Å². The van der Waals surface area contributed by atoms with Gasteiger partial charge in [-0.25, -0.2) is 0 Å². The van der Waals surface area contributed by atoms with E-state index in [1.807, 2.05) is 0 Å². The van der Waals surface area contributed by atoms with Gasteiger partial charge in [-0.3, -0.25) is 9.59 Å². The quantitative estimate of drug-likeness (QED) is 0.743. The summed E-state index contributed by atoms with van der Waals surface area (Å²) in [4.78, 5) is 23.2. The Balaban J connectivity index is 1.79. The van der Waals surface area contributed by atoms with Gasteiger partial charge in [-0.1, -0.05) is 19.3 Å². The van der Waals surface area contributed by atoms with Crippen molar-refractivity contribution in [2.75, 3.05) is 6.54 Å². The van der Waals surface area contributed by atoms with Crippen LogP contribution in [-0.2, 0) is 9.59 Å². The highest BCUT2D eigenvalue weighted by molar-refractivity contribution is 5.91. The number of aliphatic hydroxyl groups is 1. The lowest BCUT2D eigenvalue weighted by atomic mass is 9.84. The Bertz CT molecular complexity index is 291. The Kier molecular flexibility index (Phi) is 3.28. The lowest BCUT2D eigenvalue weighted by Gasteiger charge is -2.30. The first-order valence-electron chi connectivity index (χ1n) is 6.15. The number of hydrogen-bond acceptors (Lipinski definition) is 3. The Morgan fingerprint density at radius 3 is 2.38 bits per heavy atom. The number of carbonyl (C=O) groups is 2. The van der Waals surface area contributed by atoms with E-state index in [1.54, 1.807) is 0 Å². The Labute approximate surface area is 95.4 Å². The topological polar surface area (TPSA) is 66.4 Å². The highest BCUT2D eigenvalue weighted by Gasteiger charge is 2.37. The van der Waals surface area contributed by atoms with E-state index in [2.05, 4.69) is 5.32 Å². The molecule has 0 aromatic heterocycles. The number of Topliss-reactive ketones (excluding diaryl/α,β-unsaturated/α-hetero) is 1. The number of carbonyl (C=O) groups excluding carboxylic acids is 2. The van der Waals surface area contributed by atoms with E-state index in [9.17, 15) is 14.7 Å². The predicted octanol–water partition coefficient (Wildman–Crippen LogP) is 0.777. The molecule has 16 heavy (non-hydrogen) atoms. The van der Waals surface area contributed by atoms with Gasteiger partial charge in [0.1, 0.15) is 5.60 Å². The van der Waals surface area contributed by atoms with Gasteiger partial charge < -0.3 is 10.4 Å². The Hall–Kier alpha value is -0.900. The molecule has 0 saturated heterocycles. The maximum atomic E-state index is 11.8. The van der Waals surface area contributed by atoms with Crippen molar-refractivity contribution >= 4 is 11.7 Å². The van der Waals surface area contributed by atoms with Crippen LogP contribution < -0.4 is 5.32 Å². The normalized spacial score (nSPS) is 23.8. The van der Waals surface area contributed by atoms with Gasteiger partial charge >= 0.3 is 0 Å². The summed E-state index contributed by atoms with van der Waals surface area (Å²) in [5.74, 6) is -0.0877. The number of rotatable bonds is 4. The van der Waals surface area contributed by atoms with E-state index in [1.165, 1.54) is 0 Å². The summed E-state index contributed by atoms with van der Waals surface area (Å²) in [5, 5.41) is 12.7. The smallest absolute Gasteiger partial charge is 0.252 e. The minimum absolute atomic E-state index is 0.0891. The summed E-state index contributed by atoms with van der Waals surface area (Å²) >= 11 is 0. The zero-order valence-electron chi connectivity index (χ0n) is 9.50. The molecule has 4 nitrogen and oxygen atoms in total. The maximum Gasteiger partial charge on any atom is 0.252 e. The molecule has 2 saturated carbocycles. The van der Waals surface area contributed by atoms with Gasteiger partial charge in [-0.2, -0.15) is 0 Å². The third kappa shape index (κ3) is 2.61. The first kappa shape index (κ1) is 11.6. The van der Waals surface area contributed by atoms with Gasteiger partial charge in [0.25, 0.3) is 5.91 Å². The highest BCUT2D eigenvalue weighted by atomic mass is 16.3. The van der Waals surface area contributed by atoms with Crippen molar-refractivity contribution < 1.29 is 14.7 Å². The molecule has 90 valence electrons. The second-order valence-corrected chi connectivity index (χ2v) is 5.02. The average Bonchev–Trinajstić information content (AvgIpc) is 3.10. The Morgan fingerprint density at radius 1 is 1.19 bits per heavy atom. The van der Waals surface area contributed by atoms with Crippen LogP contribution in [0.2, 0.25) is 0 Å². The van der Waals surface area contributed by atoms with Crippen LogP contribution in [0.3, 0.4) is 0 Å². The first-order chi connectivity index (χ1) is 7.62. The van der Waals surface area contributed by atoms with Gasteiger partial charge in [0.05, 0.1) is 6.54 Å². The van der Waals surface area contributed by atoms with E-state index >= 15 is 0 Å². The molecular weight excluding hydrogens is 206 g/mol. The minimum atomic E-state index is -1.22. The summed E-state index contributed by atoms with van der Waals surface area (Å²) in [6.07, 6.45) is 5.82. The van der Waals surface area contributed by atoms with Crippen LogP contribution in [-0.4, -0.2) is 28.9 Å². The molecule has 0 unspecified atom stereocenters. The fourth-order valence-electron chi connectivity index (χ4n) is 2.25. The molecule has 2 N–H and O–H groups in total. The van der Waals surface area contributed by atoms with Crippen molar-refractivity contribution in [2.45, 2.75) is 50.5 Å². The van der Waals surface area contributed by atoms with Crippen LogP contribution in [0.1, 0.15) is 44.9 Å². The van der Waals surface area contributed by atoms with E-state index in [0.29, 0.717) is 12.8 Å². The molecule has 0 bridgehead atoms. The molecule has 0 spiro atoms. The standard InChI is InChI=1S/C12H19NO3/c14-10(9-4-5-9)8-13-11(15)12(16)6-2-1-3-7-12/h9,16H,1-8H2,(H,13,15). The molecule has 0 aliphatic heterocycles. The lowest BCUT2D eigenvalue weighted by Crippen LogP contribution is -2.49. The number of amides is 1. The molecule has 0 aromatic rings. The van der Waals surface area contributed by atoms with Gasteiger partial charge in [0.2, 0.25) is 0 Å². The molecular formula is C12H19NO3. The molecule has 0 aromatic carbocycles. The average molecular weight is 225 g/mol. The number of nitrogens with one attached hydrogen (secondary N) is 1. The first-order valence-corrected chi connectivity index (χ1v) is 6.15. The third-order valence-corrected chi connectivity index (χ3v) is 3.56. The second-order valence-electron chi connectivity index (χ2n) is 5.02. The van der Waals surface area contributed by atoms with Crippen molar-refractivity contribution in [3.05, 3.63) is 0 Å². The molecule has 2 rings (SSSR count). The van der Waals surface area contributed by atoms with Crippen molar-refractivity contribution in [1.82, 2.24) is 5.32 Å². The fraction of sp³-hybridized carbons (Fsp3) is 0.833. The van der Waals surface area contributed by atoms with E-state index in [4.69, 9.17) is 0 Å². The van der Waals surface area contributed by atoms with Crippen LogP contribution in [0.4, 0.5) is 0 Å². The van der Waals surface area contributed by atoms with Gasteiger partial charge in [0.15, 0.2) is 5.78 Å². The van der Waals surface area contributed by atoms with Crippen LogP contribution in [0, 0.1) is 5.92 Å². The van der Waals surface area contributed by atoms with Crippen molar-refractivity contribution in [2.24, 2.45) is 5.92 Å². The van der Waals surface area contributed by atoms with Crippen LogP contribution in [0.5, 0.6) is 0 Å². The number of ketones is 1. The summed E-state index contributed by atoms with van der Waals surface area (Å²) < 4.78 is 0. The summed E-state index contributed by atoms with van der Waals surface area (Å²) in [6.45, 7) is 0.0891. The molecule has 2 aliphatic carbocycles. The second kappa shape index (κ2) is 4.53. The van der Waals surface area contributed by atoms with Crippen molar-refractivity contribution in [1.29, 1.82) is 0 Å². The molecule has 1 amide bonds. The van der Waals surface area contributed by atoms with E-state index < -0.39 is 5.60 Å². The minimum Gasteiger partial charge on any atom is -0.380 e. The SMILES string of the molecule is O=C(CNC(=O)C1(O)CCCCC1)C1CC1. The molecule has 2 aliphatic rings. The predicted molar refractivity (Wildman–Crippen MR) is 58.8 cm³/mol. The molecule has 0 radical (unpaired) electrons. The van der Waals surface area contributed by atoms with Crippen LogP contribution in [0.15, 0.2) is 0 Å². The largest absolute Gasteiger partial charge is 0.380 e. The molecule has 0 heterocycles. The molecule has 0 atom stereocenters. The van der Waals surface area contributed by atoms with Gasteiger partial charge in [-0.05, 0) is 25.7 Å². The molecule has 2 fully saturated rings. The summed E-state index contributed by atoms with van der Waals surface area (Å²) in [5.41, 5.74) is -1.22. The van der Waals surface area contributed by atoms with E-state index in [-0.39, 0.29) is 24.2 Å². The van der Waals surface area contributed by atoms with Crippen molar-refractivity contribution in [3.63, 3.8) is 0 Å². The Morgan fingerprint density at radius 2 is 1.81 bits per heavy atom. The summed E-state index contributed by atoms with van der Waals surface area (Å²) in [7, 11) is 0. The fourth-order valence-corrected chi connectivity index (χ4v) is 2.25. The van der Waals surface area contributed by atoms with Gasteiger partial charge in [0, 0.05) is 5.92 Å². The maximum absolute atomic E-state index is 11.8.